The van der Waals surface area contributed by atoms with E-state index >= 15 is 0 Å². The fraction of sp³-hybridized carbons (Fsp3) is 0.556. The van der Waals surface area contributed by atoms with Crippen molar-refractivity contribution in [2.75, 3.05) is 30.4 Å². The second kappa shape index (κ2) is 11.6. The van der Waals surface area contributed by atoms with Gasteiger partial charge < -0.3 is 14.9 Å². The van der Waals surface area contributed by atoms with Gasteiger partial charge >= 0.3 is 5.97 Å². The van der Waals surface area contributed by atoms with E-state index in [1.165, 1.54) is 23.4 Å². The van der Waals surface area contributed by atoms with E-state index < -0.39 is 5.97 Å². The highest BCUT2D eigenvalue weighted by atomic mass is 32.1. The zero-order chi connectivity index (χ0) is 30.5. The Morgan fingerprint density at radius 1 is 0.886 bits per heavy atom. The van der Waals surface area contributed by atoms with Gasteiger partial charge in [-0.15, -0.1) is 11.3 Å². The third-order valence-electron chi connectivity index (χ3n) is 11.3. The summed E-state index contributed by atoms with van der Waals surface area (Å²) in [7, 11) is 4.05. The predicted octanol–water partition coefficient (Wildman–Crippen LogP) is 7.66. The third kappa shape index (κ3) is 5.66. The lowest BCUT2D eigenvalue weighted by molar-refractivity contribution is -0.144. The standard InChI is InChI=1S/C36H44N4O3S/c1-39(2)31-13-12-28(21-37-31)36-17-14-35(15-18-36,16-19-36)23-40(33(41)25-8-10-26(11-9-25)34(42)43)29-5-3-4-27(20-29)30-22-38-32(44-30)24-6-7-24/h3-5,12-13,20-22,24-26H,6-11,14-19,23H2,1-2H3,(H,42,43). The molecule has 0 radical (unpaired) electrons. The molecule has 1 aromatic carbocycles. The van der Waals surface area contributed by atoms with E-state index in [-0.39, 0.29) is 28.6 Å². The van der Waals surface area contributed by atoms with Gasteiger partial charge in [0.25, 0.3) is 0 Å². The first-order valence-corrected chi connectivity index (χ1v) is 17.3. The molecule has 0 unspecified atom stereocenters. The van der Waals surface area contributed by atoms with Crippen molar-refractivity contribution < 1.29 is 14.7 Å². The van der Waals surface area contributed by atoms with Crippen LogP contribution in [-0.2, 0) is 15.0 Å². The van der Waals surface area contributed by atoms with Crippen molar-refractivity contribution in [3.63, 3.8) is 0 Å². The summed E-state index contributed by atoms with van der Waals surface area (Å²) < 4.78 is 0. The number of nitrogens with zero attached hydrogens (tertiary/aromatic N) is 4. The van der Waals surface area contributed by atoms with E-state index in [1.54, 1.807) is 11.3 Å². The molecular formula is C36H44N4O3S. The largest absolute Gasteiger partial charge is 0.481 e. The van der Waals surface area contributed by atoms with Crippen LogP contribution >= 0.6 is 11.3 Å². The van der Waals surface area contributed by atoms with Gasteiger partial charge in [-0.05, 0) is 117 Å². The van der Waals surface area contributed by atoms with Gasteiger partial charge in [0, 0.05) is 50.6 Å². The summed E-state index contributed by atoms with van der Waals surface area (Å²) in [6.07, 6.45) is 15.7. The van der Waals surface area contributed by atoms with Gasteiger partial charge in [-0.3, -0.25) is 9.59 Å². The van der Waals surface area contributed by atoms with E-state index in [0.717, 1.165) is 67.0 Å². The van der Waals surface area contributed by atoms with Crippen molar-refractivity contribution in [1.82, 2.24) is 9.97 Å². The van der Waals surface area contributed by atoms with E-state index in [2.05, 4.69) is 47.5 Å². The molecule has 7 nitrogen and oxygen atoms in total. The van der Waals surface area contributed by atoms with Gasteiger partial charge in [0.1, 0.15) is 5.82 Å². The number of aromatic nitrogens is 2. The first kappa shape index (κ1) is 29.5. The lowest BCUT2D eigenvalue weighted by Crippen LogP contribution is -2.51. The Kier molecular flexibility index (Phi) is 7.76. The molecule has 5 aliphatic carbocycles. The zero-order valence-electron chi connectivity index (χ0n) is 26.0. The van der Waals surface area contributed by atoms with Gasteiger partial charge in [0.2, 0.25) is 5.91 Å². The molecule has 0 atom stereocenters. The number of anilines is 2. The molecule has 2 heterocycles. The van der Waals surface area contributed by atoms with Crippen molar-refractivity contribution in [1.29, 1.82) is 0 Å². The van der Waals surface area contributed by atoms with Gasteiger partial charge in [-0.25, -0.2) is 9.97 Å². The summed E-state index contributed by atoms with van der Waals surface area (Å²) in [6.45, 7) is 0.734. The number of pyridine rings is 1. The molecule has 3 aromatic rings. The fourth-order valence-corrected chi connectivity index (χ4v) is 9.19. The summed E-state index contributed by atoms with van der Waals surface area (Å²) in [4.78, 5) is 40.8. The number of hydrogen-bond donors (Lipinski definition) is 1. The number of carboxylic acid groups (broad SMARTS) is 1. The van der Waals surface area contributed by atoms with Crippen LogP contribution in [0.15, 0.2) is 48.8 Å². The molecule has 44 heavy (non-hydrogen) atoms. The number of aliphatic carboxylic acids is 1. The number of carbonyl (C=O) groups is 2. The highest BCUT2D eigenvalue weighted by Gasteiger charge is 2.51. The topological polar surface area (TPSA) is 86.6 Å². The molecule has 232 valence electrons. The van der Waals surface area contributed by atoms with Crippen LogP contribution in [0.3, 0.4) is 0 Å². The SMILES string of the molecule is CN(C)c1ccc(C23CCC(CN(C(=O)C4CCC(C(=O)O)CC4)c4cccc(-c5cnc(C6CC6)s5)c4)(CC2)CC3)cn1. The van der Waals surface area contributed by atoms with Crippen molar-refractivity contribution in [2.45, 2.75) is 88.4 Å². The number of rotatable bonds is 9. The van der Waals surface area contributed by atoms with E-state index in [4.69, 9.17) is 9.97 Å². The number of benzene rings is 1. The molecule has 1 amide bonds. The molecule has 8 rings (SSSR count). The van der Waals surface area contributed by atoms with E-state index in [0.29, 0.717) is 31.6 Å². The van der Waals surface area contributed by atoms with Gasteiger partial charge in [-0.2, -0.15) is 0 Å². The normalized spacial score (nSPS) is 28.0. The van der Waals surface area contributed by atoms with Gasteiger partial charge in [-0.1, -0.05) is 18.2 Å². The van der Waals surface area contributed by atoms with Crippen LogP contribution in [0.1, 0.15) is 93.5 Å². The molecule has 5 aliphatic rings. The second-order valence-corrected chi connectivity index (χ2v) is 15.3. The van der Waals surface area contributed by atoms with Crippen LogP contribution in [0.4, 0.5) is 11.5 Å². The maximum absolute atomic E-state index is 14.4. The monoisotopic (exact) mass is 612 g/mol. The van der Waals surface area contributed by atoms with Gasteiger partial charge in [0.05, 0.1) is 15.8 Å². The number of thiazole rings is 1. The Morgan fingerprint density at radius 2 is 1.59 bits per heavy atom. The quantitative estimate of drug-likeness (QED) is 0.267. The number of fused-ring (bicyclic) bond motifs is 3. The van der Waals surface area contributed by atoms with Crippen molar-refractivity contribution >= 4 is 34.7 Å². The molecule has 2 bridgehead atoms. The van der Waals surface area contributed by atoms with Crippen molar-refractivity contribution in [3.05, 3.63) is 59.4 Å². The van der Waals surface area contributed by atoms with E-state index in [9.17, 15) is 14.7 Å². The molecule has 1 N–H and O–H groups in total. The highest BCUT2D eigenvalue weighted by Crippen LogP contribution is 2.58. The maximum atomic E-state index is 14.4. The lowest BCUT2D eigenvalue weighted by atomic mass is 9.52. The first-order chi connectivity index (χ1) is 21.2. The Labute approximate surface area is 264 Å². The smallest absolute Gasteiger partial charge is 0.306 e. The first-order valence-electron chi connectivity index (χ1n) is 16.5. The number of carboxylic acids is 1. The minimum absolute atomic E-state index is 0.103. The van der Waals surface area contributed by atoms with Gasteiger partial charge in [0.15, 0.2) is 0 Å². The third-order valence-corrected chi connectivity index (χ3v) is 12.5. The molecule has 5 fully saturated rings. The Morgan fingerprint density at radius 3 is 2.20 bits per heavy atom. The molecular weight excluding hydrogens is 568 g/mol. The summed E-state index contributed by atoms with van der Waals surface area (Å²) in [5, 5.41) is 10.8. The summed E-state index contributed by atoms with van der Waals surface area (Å²) >= 11 is 1.78. The Bertz CT molecular complexity index is 1500. The average Bonchev–Trinajstić information content (AvgIpc) is 3.80. The van der Waals surface area contributed by atoms with Crippen molar-refractivity contribution in [3.8, 4) is 10.4 Å². The van der Waals surface area contributed by atoms with Crippen LogP contribution in [-0.4, -0.2) is 47.6 Å². The maximum Gasteiger partial charge on any atom is 0.306 e. The molecule has 0 aliphatic heterocycles. The Balaban J connectivity index is 1.13. The number of amides is 1. The average molecular weight is 613 g/mol. The number of hydrogen-bond acceptors (Lipinski definition) is 6. The summed E-state index contributed by atoms with van der Waals surface area (Å²) in [5.74, 6) is 0.613. The highest BCUT2D eigenvalue weighted by molar-refractivity contribution is 7.15. The van der Waals surface area contributed by atoms with Crippen LogP contribution in [0.2, 0.25) is 0 Å². The molecule has 5 saturated carbocycles. The van der Waals surface area contributed by atoms with Crippen LogP contribution in [0.25, 0.3) is 10.4 Å². The molecule has 0 saturated heterocycles. The zero-order valence-corrected chi connectivity index (χ0v) is 26.8. The summed E-state index contributed by atoms with van der Waals surface area (Å²) in [5.41, 5.74) is 3.75. The van der Waals surface area contributed by atoms with Crippen LogP contribution in [0, 0.1) is 17.3 Å². The minimum Gasteiger partial charge on any atom is -0.481 e. The van der Waals surface area contributed by atoms with Crippen LogP contribution in [0.5, 0.6) is 0 Å². The summed E-state index contributed by atoms with van der Waals surface area (Å²) in [6, 6.07) is 12.9. The lowest BCUT2D eigenvalue weighted by Gasteiger charge is -2.55. The fourth-order valence-electron chi connectivity index (χ4n) is 8.10. The second-order valence-electron chi connectivity index (χ2n) is 14.3. The van der Waals surface area contributed by atoms with Crippen LogP contribution < -0.4 is 9.80 Å². The predicted molar refractivity (Wildman–Crippen MR) is 175 cm³/mol. The molecule has 2 aromatic heterocycles. The Hall–Kier alpha value is -3.26. The number of carbonyl (C=O) groups excluding carboxylic acids is 1. The van der Waals surface area contributed by atoms with Crippen molar-refractivity contribution in [2.24, 2.45) is 17.3 Å². The minimum atomic E-state index is -0.728. The van der Waals surface area contributed by atoms with E-state index in [1.807, 2.05) is 25.2 Å². The molecule has 0 spiro atoms. The molecule has 8 heteroatoms.